The van der Waals surface area contributed by atoms with E-state index in [9.17, 15) is 0 Å². The Morgan fingerprint density at radius 1 is 0.897 bits per heavy atom. The SMILES string of the molecule is CC(C)c1nc(NN=Cc2c3ccccc3cc3ccccc23)cc(N(C)C)n1. The van der Waals surface area contributed by atoms with Gasteiger partial charge < -0.3 is 4.90 Å². The molecule has 3 aromatic carbocycles. The maximum Gasteiger partial charge on any atom is 0.152 e. The molecule has 0 saturated carbocycles. The number of benzene rings is 3. The van der Waals surface area contributed by atoms with Crippen LogP contribution >= 0.6 is 0 Å². The number of hydrogen-bond donors (Lipinski definition) is 1. The van der Waals surface area contributed by atoms with Crippen LogP contribution in [0.15, 0.2) is 65.8 Å². The zero-order chi connectivity index (χ0) is 20.4. The average Bonchev–Trinajstić information content (AvgIpc) is 2.73. The Morgan fingerprint density at radius 2 is 1.52 bits per heavy atom. The van der Waals surface area contributed by atoms with Crippen molar-refractivity contribution in [3.05, 3.63) is 72.1 Å². The number of fused-ring (bicyclic) bond motifs is 2. The second-order valence-electron chi connectivity index (χ2n) is 7.62. The van der Waals surface area contributed by atoms with Crippen LogP contribution in [0.5, 0.6) is 0 Å². The molecule has 0 aliphatic rings. The van der Waals surface area contributed by atoms with Gasteiger partial charge in [0, 0.05) is 31.6 Å². The van der Waals surface area contributed by atoms with E-state index < -0.39 is 0 Å². The minimum atomic E-state index is 0.237. The first-order valence-electron chi connectivity index (χ1n) is 9.79. The minimum Gasteiger partial charge on any atom is -0.363 e. The van der Waals surface area contributed by atoms with Crippen LogP contribution in [0.2, 0.25) is 0 Å². The molecule has 0 unspecified atom stereocenters. The summed E-state index contributed by atoms with van der Waals surface area (Å²) in [6.45, 7) is 4.17. The third-order valence-corrected chi connectivity index (χ3v) is 4.89. The fraction of sp³-hybridized carbons (Fsp3) is 0.208. The Bertz CT molecular complexity index is 1110. The lowest BCUT2D eigenvalue weighted by molar-refractivity contribution is 0.771. The third kappa shape index (κ3) is 3.90. The lowest BCUT2D eigenvalue weighted by Crippen LogP contribution is -2.13. The van der Waals surface area contributed by atoms with Gasteiger partial charge in [-0.15, -0.1) is 0 Å². The van der Waals surface area contributed by atoms with Crippen molar-refractivity contribution in [2.24, 2.45) is 5.10 Å². The molecule has 5 nitrogen and oxygen atoms in total. The van der Waals surface area contributed by atoms with Crippen molar-refractivity contribution < 1.29 is 0 Å². The Morgan fingerprint density at radius 3 is 2.10 bits per heavy atom. The first kappa shape index (κ1) is 18.9. The molecule has 0 amide bonds. The molecule has 0 saturated heterocycles. The van der Waals surface area contributed by atoms with Gasteiger partial charge in [0.1, 0.15) is 11.6 Å². The molecule has 0 radical (unpaired) electrons. The average molecular weight is 383 g/mol. The van der Waals surface area contributed by atoms with Crippen LogP contribution in [-0.2, 0) is 0 Å². The van der Waals surface area contributed by atoms with E-state index in [0.717, 1.165) is 17.2 Å². The number of nitrogens with one attached hydrogen (secondary N) is 1. The van der Waals surface area contributed by atoms with Crippen molar-refractivity contribution in [2.45, 2.75) is 19.8 Å². The molecule has 1 aromatic heterocycles. The Hall–Kier alpha value is -3.47. The van der Waals surface area contributed by atoms with E-state index in [4.69, 9.17) is 0 Å². The summed E-state index contributed by atoms with van der Waals surface area (Å²) < 4.78 is 0. The summed E-state index contributed by atoms with van der Waals surface area (Å²) in [5.41, 5.74) is 4.20. The summed E-state index contributed by atoms with van der Waals surface area (Å²) >= 11 is 0. The van der Waals surface area contributed by atoms with Crippen molar-refractivity contribution in [2.75, 3.05) is 24.4 Å². The standard InChI is InChI=1S/C24H25N5/c1-16(2)24-26-22(14-23(27-24)29(3)4)28-25-15-21-19-11-7-5-9-17(19)13-18-10-6-8-12-20(18)21/h5-16H,1-4H3,(H,26,27,28). The topological polar surface area (TPSA) is 53.4 Å². The minimum absolute atomic E-state index is 0.237. The summed E-state index contributed by atoms with van der Waals surface area (Å²) in [6.07, 6.45) is 1.89. The molecule has 0 fully saturated rings. The molecule has 146 valence electrons. The van der Waals surface area contributed by atoms with Crippen LogP contribution in [0, 0.1) is 0 Å². The monoisotopic (exact) mass is 383 g/mol. The molecule has 1 heterocycles. The number of rotatable bonds is 5. The number of nitrogens with zero attached hydrogens (tertiary/aromatic N) is 4. The number of anilines is 2. The summed E-state index contributed by atoms with van der Waals surface area (Å²) in [5, 5.41) is 9.28. The van der Waals surface area contributed by atoms with E-state index in [-0.39, 0.29) is 5.92 Å². The largest absolute Gasteiger partial charge is 0.363 e. The van der Waals surface area contributed by atoms with Gasteiger partial charge in [-0.05, 0) is 27.6 Å². The highest BCUT2D eigenvalue weighted by atomic mass is 15.3. The molecule has 1 N–H and O–H groups in total. The van der Waals surface area contributed by atoms with Gasteiger partial charge in [0.15, 0.2) is 5.82 Å². The highest BCUT2D eigenvalue weighted by Gasteiger charge is 2.09. The molecule has 0 aliphatic heterocycles. The molecule has 0 aliphatic carbocycles. The Labute approximate surface area is 171 Å². The molecule has 0 atom stereocenters. The van der Waals surface area contributed by atoms with E-state index in [1.807, 2.05) is 31.3 Å². The van der Waals surface area contributed by atoms with Crippen molar-refractivity contribution in [1.29, 1.82) is 0 Å². The van der Waals surface area contributed by atoms with Crippen molar-refractivity contribution in [1.82, 2.24) is 9.97 Å². The van der Waals surface area contributed by atoms with Crippen molar-refractivity contribution in [3.63, 3.8) is 0 Å². The van der Waals surface area contributed by atoms with Crippen molar-refractivity contribution >= 4 is 39.4 Å². The van der Waals surface area contributed by atoms with Crippen LogP contribution < -0.4 is 10.3 Å². The van der Waals surface area contributed by atoms with Gasteiger partial charge in [-0.2, -0.15) is 5.10 Å². The van der Waals surface area contributed by atoms with Gasteiger partial charge in [0.25, 0.3) is 0 Å². The highest BCUT2D eigenvalue weighted by Crippen LogP contribution is 2.27. The number of aromatic nitrogens is 2. The van der Waals surface area contributed by atoms with Gasteiger partial charge >= 0.3 is 0 Å². The summed E-state index contributed by atoms with van der Waals surface area (Å²) in [7, 11) is 3.95. The van der Waals surface area contributed by atoms with Gasteiger partial charge in [-0.3, -0.25) is 5.43 Å². The van der Waals surface area contributed by atoms with Crippen LogP contribution in [0.3, 0.4) is 0 Å². The van der Waals surface area contributed by atoms with E-state index in [0.29, 0.717) is 5.82 Å². The summed E-state index contributed by atoms with van der Waals surface area (Å²) in [5.74, 6) is 2.58. The molecule has 4 rings (SSSR count). The molecular weight excluding hydrogens is 358 g/mol. The smallest absolute Gasteiger partial charge is 0.152 e. The quantitative estimate of drug-likeness (QED) is 0.284. The Balaban J connectivity index is 1.74. The summed E-state index contributed by atoms with van der Waals surface area (Å²) in [6, 6.07) is 20.9. The van der Waals surface area contributed by atoms with E-state index >= 15 is 0 Å². The van der Waals surface area contributed by atoms with Crippen LogP contribution in [0.4, 0.5) is 11.6 Å². The van der Waals surface area contributed by atoms with E-state index in [2.05, 4.69) is 88.9 Å². The molecule has 4 aromatic rings. The first-order valence-corrected chi connectivity index (χ1v) is 9.79. The van der Waals surface area contributed by atoms with Crippen LogP contribution in [-0.4, -0.2) is 30.3 Å². The molecular formula is C24H25N5. The second kappa shape index (κ2) is 7.87. The first-order chi connectivity index (χ1) is 14.0. The van der Waals surface area contributed by atoms with Crippen molar-refractivity contribution in [3.8, 4) is 0 Å². The number of hydrogen-bond acceptors (Lipinski definition) is 5. The van der Waals surface area contributed by atoms with Crippen LogP contribution in [0.1, 0.15) is 31.2 Å². The third-order valence-electron chi connectivity index (χ3n) is 4.89. The van der Waals surface area contributed by atoms with E-state index in [1.165, 1.54) is 21.5 Å². The maximum atomic E-state index is 4.61. The van der Waals surface area contributed by atoms with Gasteiger partial charge in [0.2, 0.25) is 0 Å². The maximum absolute atomic E-state index is 4.61. The Kier molecular flexibility index (Phi) is 5.12. The second-order valence-corrected chi connectivity index (χ2v) is 7.62. The normalized spacial score (nSPS) is 11.6. The lowest BCUT2D eigenvalue weighted by Gasteiger charge is -2.15. The predicted molar refractivity (Wildman–Crippen MR) is 123 cm³/mol. The summed E-state index contributed by atoms with van der Waals surface area (Å²) in [4.78, 5) is 11.2. The van der Waals surface area contributed by atoms with Gasteiger partial charge in [-0.1, -0.05) is 62.4 Å². The highest BCUT2D eigenvalue weighted by molar-refractivity contribution is 6.13. The molecule has 0 bridgehead atoms. The van der Waals surface area contributed by atoms with Gasteiger partial charge in [-0.25, -0.2) is 9.97 Å². The predicted octanol–water partition coefficient (Wildman–Crippen LogP) is 5.42. The molecule has 5 heteroatoms. The van der Waals surface area contributed by atoms with Gasteiger partial charge in [0.05, 0.1) is 6.21 Å². The zero-order valence-electron chi connectivity index (χ0n) is 17.2. The molecule has 29 heavy (non-hydrogen) atoms. The zero-order valence-corrected chi connectivity index (χ0v) is 17.2. The van der Waals surface area contributed by atoms with E-state index in [1.54, 1.807) is 0 Å². The van der Waals surface area contributed by atoms with Crippen LogP contribution in [0.25, 0.3) is 21.5 Å². The molecule has 0 spiro atoms. The fourth-order valence-corrected chi connectivity index (χ4v) is 3.35. The lowest BCUT2D eigenvalue weighted by atomic mass is 9.97. The fourth-order valence-electron chi connectivity index (χ4n) is 3.35. The number of hydrazone groups is 1.